The van der Waals surface area contributed by atoms with Crippen molar-refractivity contribution in [1.82, 2.24) is 0 Å². The van der Waals surface area contributed by atoms with Gasteiger partial charge in [-0.25, -0.2) is 0 Å². The van der Waals surface area contributed by atoms with Gasteiger partial charge in [-0.15, -0.1) is 0 Å². The highest BCUT2D eigenvalue weighted by Crippen LogP contribution is 2.11. The van der Waals surface area contributed by atoms with Crippen LogP contribution in [0.3, 0.4) is 0 Å². The average molecular weight is 358 g/mol. The molecule has 0 spiro atoms. The summed E-state index contributed by atoms with van der Waals surface area (Å²) in [6, 6.07) is 0. The number of carbonyl (C=O) groups is 1. The lowest BCUT2D eigenvalue weighted by Crippen LogP contribution is -2.50. The van der Waals surface area contributed by atoms with E-state index < -0.39 is 5.97 Å². The third kappa shape index (κ3) is 31.7. The second kappa shape index (κ2) is 25.7. The third-order valence-electron chi connectivity index (χ3n) is 4.59. The first-order chi connectivity index (χ1) is 12.2. The van der Waals surface area contributed by atoms with Crippen LogP contribution in [-0.4, -0.2) is 12.5 Å². The van der Waals surface area contributed by atoms with E-state index in [-0.39, 0.29) is 6.42 Å². The quantitative estimate of drug-likeness (QED) is 0.350. The van der Waals surface area contributed by atoms with Gasteiger partial charge in [0.1, 0.15) is 0 Å². The molecule has 3 nitrogen and oxygen atoms in total. The molecule has 0 aliphatic heterocycles. The predicted octanol–water partition coefficient (Wildman–Crippen LogP) is 5.03. The van der Waals surface area contributed by atoms with Gasteiger partial charge in [0.2, 0.25) is 0 Å². The minimum atomic E-state index is -0.920. The summed E-state index contributed by atoms with van der Waals surface area (Å²) in [5, 5.41) is 9.92. The molecule has 0 aromatic rings. The molecule has 0 atom stereocenters. The molecule has 0 fully saturated rings. The van der Waals surface area contributed by atoms with Gasteiger partial charge in [-0.3, -0.25) is 0 Å². The van der Waals surface area contributed by atoms with Crippen molar-refractivity contribution < 1.29 is 15.6 Å². The molecule has 0 rings (SSSR count). The Morgan fingerprint density at radius 2 is 0.920 bits per heavy atom. The SMILES string of the molecule is CCCCCCCC(=O)[O-].CCCCCCCCCCCCCC[NH3+]. The number of carboxylic acid groups (broad SMARTS) is 1. The van der Waals surface area contributed by atoms with Gasteiger partial charge in [0, 0.05) is 5.97 Å². The van der Waals surface area contributed by atoms with Crippen LogP contribution in [0.1, 0.15) is 129 Å². The molecule has 0 saturated carbocycles. The van der Waals surface area contributed by atoms with Crippen molar-refractivity contribution in [2.75, 3.05) is 6.54 Å². The molecule has 3 N–H and O–H groups in total. The van der Waals surface area contributed by atoms with E-state index in [0.29, 0.717) is 0 Å². The molecular weight excluding hydrogens is 310 g/mol. The van der Waals surface area contributed by atoms with Crippen LogP contribution in [0.5, 0.6) is 0 Å². The van der Waals surface area contributed by atoms with Gasteiger partial charge in [0.15, 0.2) is 0 Å². The number of rotatable bonds is 18. The zero-order valence-corrected chi connectivity index (χ0v) is 17.5. The second-order valence-corrected chi connectivity index (χ2v) is 7.28. The van der Waals surface area contributed by atoms with Crippen molar-refractivity contribution >= 4 is 5.97 Å². The fourth-order valence-electron chi connectivity index (χ4n) is 2.89. The van der Waals surface area contributed by atoms with Crippen LogP contribution < -0.4 is 10.8 Å². The number of hydrogen-bond donors (Lipinski definition) is 1. The first-order valence-electron chi connectivity index (χ1n) is 11.2. The van der Waals surface area contributed by atoms with E-state index in [1.54, 1.807) is 0 Å². The van der Waals surface area contributed by atoms with E-state index in [9.17, 15) is 9.90 Å². The highest BCUT2D eigenvalue weighted by molar-refractivity contribution is 5.63. The van der Waals surface area contributed by atoms with E-state index in [0.717, 1.165) is 25.8 Å². The lowest BCUT2D eigenvalue weighted by molar-refractivity contribution is -0.368. The summed E-state index contributed by atoms with van der Waals surface area (Å²) in [6.45, 7) is 5.54. The number of carboxylic acids is 1. The summed E-state index contributed by atoms with van der Waals surface area (Å²) >= 11 is 0. The standard InChI is InChI=1S/C14H31N.C8H16O2/c1-2-3-4-5-6-7-8-9-10-11-12-13-14-15;1-2-3-4-5-6-7-8(9)10/h2-15H2,1H3;2-7H2,1H3,(H,9,10). The van der Waals surface area contributed by atoms with Crippen LogP contribution in [0.2, 0.25) is 0 Å². The van der Waals surface area contributed by atoms with E-state index in [4.69, 9.17) is 0 Å². The van der Waals surface area contributed by atoms with E-state index in [2.05, 4.69) is 19.6 Å². The van der Waals surface area contributed by atoms with Crippen LogP contribution >= 0.6 is 0 Å². The molecular formula is C22H47NO2. The minimum Gasteiger partial charge on any atom is -0.550 e. The summed E-state index contributed by atoms with van der Waals surface area (Å²) in [4.78, 5) is 9.92. The maximum atomic E-state index is 9.92. The Hall–Kier alpha value is -0.570. The summed E-state index contributed by atoms with van der Waals surface area (Å²) in [6.07, 6.45) is 22.8. The van der Waals surface area contributed by atoms with E-state index in [1.165, 1.54) is 89.9 Å². The van der Waals surface area contributed by atoms with Gasteiger partial charge >= 0.3 is 0 Å². The first-order valence-corrected chi connectivity index (χ1v) is 11.2. The monoisotopic (exact) mass is 357 g/mol. The van der Waals surface area contributed by atoms with Crippen LogP contribution in [0, 0.1) is 0 Å². The molecule has 0 bridgehead atoms. The highest BCUT2D eigenvalue weighted by atomic mass is 16.4. The predicted molar refractivity (Wildman–Crippen MR) is 107 cm³/mol. The third-order valence-corrected chi connectivity index (χ3v) is 4.59. The van der Waals surface area contributed by atoms with Crippen LogP contribution in [0.4, 0.5) is 0 Å². The summed E-state index contributed by atoms with van der Waals surface area (Å²) < 4.78 is 0. The Kier molecular flexibility index (Phi) is 27.4. The lowest BCUT2D eigenvalue weighted by atomic mass is 10.1. The fourth-order valence-corrected chi connectivity index (χ4v) is 2.89. The van der Waals surface area contributed by atoms with Crippen molar-refractivity contribution in [3.05, 3.63) is 0 Å². The van der Waals surface area contributed by atoms with Gasteiger partial charge in [0.25, 0.3) is 0 Å². The van der Waals surface area contributed by atoms with Crippen LogP contribution in [-0.2, 0) is 4.79 Å². The maximum absolute atomic E-state index is 9.92. The molecule has 0 aliphatic carbocycles. The molecule has 25 heavy (non-hydrogen) atoms. The normalized spacial score (nSPS) is 10.4. The van der Waals surface area contributed by atoms with Crippen molar-refractivity contribution in [1.29, 1.82) is 0 Å². The molecule has 0 heterocycles. The first kappa shape index (κ1) is 26.7. The lowest BCUT2D eigenvalue weighted by Gasteiger charge is -2.01. The van der Waals surface area contributed by atoms with Crippen molar-refractivity contribution in [3.63, 3.8) is 0 Å². The van der Waals surface area contributed by atoms with Crippen molar-refractivity contribution in [2.45, 2.75) is 129 Å². The second-order valence-electron chi connectivity index (χ2n) is 7.28. The Labute approximate surface area is 158 Å². The van der Waals surface area contributed by atoms with Gasteiger partial charge in [0.05, 0.1) is 6.54 Å². The molecule has 0 aromatic carbocycles. The largest absolute Gasteiger partial charge is 0.550 e. The van der Waals surface area contributed by atoms with Crippen molar-refractivity contribution in [2.24, 2.45) is 0 Å². The Morgan fingerprint density at radius 3 is 1.24 bits per heavy atom. The maximum Gasteiger partial charge on any atom is 0.0739 e. The van der Waals surface area contributed by atoms with Gasteiger partial charge in [-0.1, -0.05) is 104 Å². The summed E-state index contributed by atoms with van der Waals surface area (Å²) in [5.41, 5.74) is 3.87. The van der Waals surface area contributed by atoms with Crippen LogP contribution in [0.15, 0.2) is 0 Å². The Bertz CT molecular complexity index is 232. The zero-order chi connectivity index (χ0) is 19.0. The van der Waals surface area contributed by atoms with Gasteiger partial charge in [-0.2, -0.15) is 0 Å². The average Bonchev–Trinajstić information content (AvgIpc) is 2.60. The topological polar surface area (TPSA) is 67.8 Å². The summed E-state index contributed by atoms with van der Waals surface area (Å²) in [5.74, 6) is -0.920. The summed E-state index contributed by atoms with van der Waals surface area (Å²) in [7, 11) is 0. The fraction of sp³-hybridized carbons (Fsp3) is 0.955. The van der Waals surface area contributed by atoms with E-state index >= 15 is 0 Å². The smallest absolute Gasteiger partial charge is 0.0739 e. The molecule has 152 valence electrons. The van der Waals surface area contributed by atoms with Gasteiger partial charge in [-0.05, 0) is 25.7 Å². The molecule has 0 saturated heterocycles. The molecule has 0 aromatic heterocycles. The Morgan fingerprint density at radius 1 is 0.600 bits per heavy atom. The molecule has 0 aliphatic rings. The highest BCUT2D eigenvalue weighted by Gasteiger charge is 1.92. The van der Waals surface area contributed by atoms with Crippen LogP contribution in [0.25, 0.3) is 0 Å². The number of hydrogen-bond acceptors (Lipinski definition) is 2. The number of unbranched alkanes of at least 4 members (excludes halogenated alkanes) is 15. The Balaban J connectivity index is 0. The minimum absolute atomic E-state index is 0.226. The molecule has 3 heteroatoms. The number of aliphatic carboxylic acids is 1. The molecule has 0 unspecified atom stereocenters. The number of quaternary nitrogens is 1. The molecule has 0 amide bonds. The van der Waals surface area contributed by atoms with Crippen molar-refractivity contribution in [3.8, 4) is 0 Å². The zero-order valence-electron chi connectivity index (χ0n) is 17.5. The van der Waals surface area contributed by atoms with Gasteiger partial charge < -0.3 is 15.6 Å². The van der Waals surface area contributed by atoms with E-state index in [1.807, 2.05) is 0 Å². The molecule has 0 radical (unpaired) electrons. The number of carbonyl (C=O) groups excluding carboxylic acids is 1.